The van der Waals surface area contributed by atoms with Crippen molar-refractivity contribution in [2.75, 3.05) is 15.5 Å². The maximum Gasteiger partial charge on any atom is 0.252 e. The first kappa shape index (κ1) is 27.7. The first-order valence-electron chi connectivity index (χ1n) is 12.1. The second-order valence-corrected chi connectivity index (χ2v) is 11.1. The summed E-state index contributed by atoms with van der Waals surface area (Å²) in [4.78, 5) is 50.2. The predicted molar refractivity (Wildman–Crippen MR) is 146 cm³/mol. The number of imide groups is 1. The van der Waals surface area contributed by atoms with Crippen molar-refractivity contribution in [3.63, 3.8) is 0 Å². The summed E-state index contributed by atoms with van der Waals surface area (Å²) >= 11 is 0. The lowest BCUT2D eigenvalue weighted by Crippen LogP contribution is -2.45. The molecule has 4 rings (SSSR count). The smallest absolute Gasteiger partial charge is 0.252 e. The molecule has 1 heterocycles. The lowest BCUT2D eigenvalue weighted by atomic mass is 10.1. The molecule has 202 valence electrons. The molecule has 0 aliphatic carbocycles. The van der Waals surface area contributed by atoms with Crippen molar-refractivity contribution in [3.05, 3.63) is 83.9 Å². The molecule has 1 unspecified atom stereocenters. The largest absolute Gasteiger partial charge is 0.326 e. The molecule has 1 saturated heterocycles. The molecule has 1 fully saturated rings. The number of nitrogens with one attached hydrogen (secondary N) is 2. The van der Waals surface area contributed by atoms with E-state index in [4.69, 9.17) is 0 Å². The van der Waals surface area contributed by atoms with E-state index in [9.17, 15) is 27.6 Å². The average Bonchev–Trinajstić information content (AvgIpc) is 3.17. The molecule has 3 aromatic carbocycles. The monoisotopic (exact) mass is 548 g/mol. The van der Waals surface area contributed by atoms with Gasteiger partial charge in [-0.15, -0.1) is 0 Å². The van der Waals surface area contributed by atoms with Gasteiger partial charge < -0.3 is 10.6 Å². The number of hydrogen-bond donors (Lipinski definition) is 2. The van der Waals surface area contributed by atoms with Crippen LogP contribution in [-0.4, -0.2) is 42.4 Å². The minimum absolute atomic E-state index is 0.0814. The minimum atomic E-state index is -4.25. The summed E-state index contributed by atoms with van der Waals surface area (Å²) in [6.45, 7) is 4.48. The Morgan fingerprint density at radius 1 is 0.846 bits per heavy atom. The Labute approximate surface area is 226 Å². The van der Waals surface area contributed by atoms with Crippen molar-refractivity contribution >= 4 is 50.7 Å². The van der Waals surface area contributed by atoms with Gasteiger partial charge in [-0.2, -0.15) is 4.31 Å². The second-order valence-electron chi connectivity index (χ2n) is 9.26. The molecule has 2 N–H and O–H groups in total. The summed E-state index contributed by atoms with van der Waals surface area (Å²) in [5.74, 6) is -1.77. The van der Waals surface area contributed by atoms with E-state index in [1.54, 1.807) is 24.3 Å². The zero-order valence-electron chi connectivity index (χ0n) is 21.7. The Morgan fingerprint density at radius 3 is 1.87 bits per heavy atom. The first-order chi connectivity index (χ1) is 18.5. The van der Waals surface area contributed by atoms with Crippen LogP contribution in [0.15, 0.2) is 77.7 Å². The molecule has 1 aliphatic rings. The fourth-order valence-corrected chi connectivity index (χ4v) is 5.86. The molecule has 0 spiro atoms. The van der Waals surface area contributed by atoms with E-state index in [2.05, 4.69) is 10.6 Å². The van der Waals surface area contributed by atoms with Gasteiger partial charge in [0.2, 0.25) is 27.7 Å². The highest BCUT2D eigenvalue weighted by Crippen LogP contribution is 2.31. The Morgan fingerprint density at radius 2 is 1.36 bits per heavy atom. The van der Waals surface area contributed by atoms with Crippen molar-refractivity contribution in [1.82, 2.24) is 4.31 Å². The number of nitrogens with zero attached hydrogens (tertiary/aromatic N) is 2. The van der Waals surface area contributed by atoms with E-state index in [1.165, 1.54) is 50.2 Å². The summed E-state index contributed by atoms with van der Waals surface area (Å²) in [7, 11) is -4.25. The van der Waals surface area contributed by atoms with Crippen molar-refractivity contribution in [3.8, 4) is 0 Å². The molecule has 1 aliphatic heterocycles. The Kier molecular flexibility index (Phi) is 7.93. The number of sulfonamides is 1. The van der Waals surface area contributed by atoms with Crippen LogP contribution >= 0.6 is 0 Å². The van der Waals surface area contributed by atoms with Crippen LogP contribution in [0.5, 0.6) is 0 Å². The zero-order chi connectivity index (χ0) is 28.3. The van der Waals surface area contributed by atoms with Crippen LogP contribution in [-0.2, 0) is 35.7 Å². The third-order valence-corrected chi connectivity index (χ3v) is 8.03. The van der Waals surface area contributed by atoms with Crippen molar-refractivity contribution in [2.24, 2.45) is 0 Å². The standard InChI is InChI=1S/C28H28N4O6S/c1-18-4-6-21(7-5-18)17-31(39(37,38)25-14-10-23(11-15-25)30-20(3)34)26-16-27(35)32(28(26)36)24-12-8-22(9-13-24)29-19(2)33/h4-15,26H,16-17H2,1-3H3,(H,29,33)(H,30,34). The number of carbonyl (C=O) groups excluding carboxylic acids is 4. The number of amides is 4. The predicted octanol–water partition coefficient (Wildman–Crippen LogP) is 3.43. The molecule has 0 bridgehead atoms. The van der Waals surface area contributed by atoms with Gasteiger partial charge in [0, 0.05) is 31.8 Å². The first-order valence-corrected chi connectivity index (χ1v) is 13.6. The van der Waals surface area contributed by atoms with Crippen LogP contribution in [0.25, 0.3) is 0 Å². The Balaban J connectivity index is 1.69. The molecule has 0 saturated carbocycles. The number of carbonyl (C=O) groups is 4. The SMILES string of the molecule is CC(=O)Nc1ccc(N2C(=O)CC(N(Cc3ccc(C)cc3)S(=O)(=O)c3ccc(NC(C)=O)cc3)C2=O)cc1. The van der Waals surface area contributed by atoms with Crippen LogP contribution in [0.4, 0.5) is 17.1 Å². The fourth-order valence-electron chi connectivity index (χ4n) is 4.29. The van der Waals surface area contributed by atoms with Gasteiger partial charge in [0.15, 0.2) is 0 Å². The Bertz CT molecular complexity index is 1520. The number of rotatable bonds is 8. The van der Waals surface area contributed by atoms with Crippen LogP contribution in [0.2, 0.25) is 0 Å². The van der Waals surface area contributed by atoms with E-state index in [0.29, 0.717) is 16.9 Å². The van der Waals surface area contributed by atoms with E-state index in [0.717, 1.165) is 14.8 Å². The highest BCUT2D eigenvalue weighted by atomic mass is 32.2. The van der Waals surface area contributed by atoms with Crippen LogP contribution < -0.4 is 15.5 Å². The maximum absolute atomic E-state index is 13.9. The van der Waals surface area contributed by atoms with E-state index >= 15 is 0 Å². The highest BCUT2D eigenvalue weighted by molar-refractivity contribution is 7.89. The summed E-state index contributed by atoms with van der Waals surface area (Å²) in [5, 5.41) is 5.21. The van der Waals surface area contributed by atoms with E-state index < -0.39 is 27.9 Å². The molecular formula is C28H28N4O6S. The normalized spacial score (nSPS) is 15.5. The van der Waals surface area contributed by atoms with Crippen molar-refractivity contribution < 1.29 is 27.6 Å². The lowest BCUT2D eigenvalue weighted by Gasteiger charge is -2.27. The molecule has 4 amide bonds. The Hall–Kier alpha value is -4.35. The number of anilines is 3. The minimum Gasteiger partial charge on any atom is -0.326 e. The van der Waals surface area contributed by atoms with Gasteiger partial charge in [0.1, 0.15) is 6.04 Å². The lowest BCUT2D eigenvalue weighted by molar-refractivity contribution is -0.122. The summed E-state index contributed by atoms with van der Waals surface area (Å²) in [5.41, 5.74) is 2.83. The molecule has 0 radical (unpaired) electrons. The highest BCUT2D eigenvalue weighted by Gasteiger charge is 2.47. The second kappa shape index (κ2) is 11.2. The van der Waals surface area contributed by atoms with Crippen molar-refractivity contribution in [2.45, 2.75) is 44.7 Å². The third kappa shape index (κ3) is 6.21. The molecular weight excluding hydrogens is 520 g/mol. The van der Waals surface area contributed by atoms with Crippen molar-refractivity contribution in [1.29, 1.82) is 0 Å². The summed E-state index contributed by atoms with van der Waals surface area (Å²) < 4.78 is 28.8. The summed E-state index contributed by atoms with van der Waals surface area (Å²) in [6, 6.07) is 17.7. The number of hydrogen-bond acceptors (Lipinski definition) is 6. The molecule has 3 aromatic rings. The molecule has 0 aromatic heterocycles. The number of aryl methyl sites for hydroxylation is 1. The van der Waals surface area contributed by atoms with Gasteiger partial charge in [-0.25, -0.2) is 13.3 Å². The van der Waals surface area contributed by atoms with Gasteiger partial charge in [-0.3, -0.25) is 19.2 Å². The van der Waals surface area contributed by atoms with Crippen LogP contribution in [0, 0.1) is 6.92 Å². The van der Waals surface area contributed by atoms with E-state index in [1.807, 2.05) is 19.1 Å². The van der Waals surface area contributed by atoms with Crippen LogP contribution in [0.1, 0.15) is 31.4 Å². The fraction of sp³-hybridized carbons (Fsp3) is 0.214. The zero-order valence-corrected chi connectivity index (χ0v) is 22.5. The van der Waals surface area contributed by atoms with Crippen LogP contribution in [0.3, 0.4) is 0 Å². The van der Waals surface area contributed by atoms with Gasteiger partial charge in [0.05, 0.1) is 17.0 Å². The summed E-state index contributed by atoms with van der Waals surface area (Å²) in [6.07, 6.45) is -0.332. The number of benzene rings is 3. The topological polar surface area (TPSA) is 133 Å². The molecule has 10 nitrogen and oxygen atoms in total. The average molecular weight is 549 g/mol. The van der Waals surface area contributed by atoms with Gasteiger partial charge in [-0.1, -0.05) is 29.8 Å². The third-order valence-electron chi connectivity index (χ3n) is 6.16. The van der Waals surface area contributed by atoms with Gasteiger partial charge >= 0.3 is 0 Å². The molecule has 11 heteroatoms. The quantitative estimate of drug-likeness (QED) is 0.415. The molecule has 39 heavy (non-hydrogen) atoms. The molecule has 1 atom stereocenters. The van der Waals surface area contributed by atoms with E-state index in [-0.39, 0.29) is 35.4 Å². The maximum atomic E-state index is 13.9. The van der Waals surface area contributed by atoms with Gasteiger partial charge in [0.25, 0.3) is 5.91 Å². The van der Waals surface area contributed by atoms with Gasteiger partial charge in [-0.05, 0) is 61.0 Å².